The average molecular weight is 1150 g/mol. The van der Waals surface area contributed by atoms with Crippen molar-refractivity contribution in [3.63, 3.8) is 0 Å². The summed E-state index contributed by atoms with van der Waals surface area (Å²) < 4.78 is 6.38. The van der Waals surface area contributed by atoms with E-state index in [2.05, 4.69) is 52.2 Å². The van der Waals surface area contributed by atoms with Crippen LogP contribution < -0.4 is 65.9 Å². The first-order valence-electron chi connectivity index (χ1n) is 27.7. The minimum atomic E-state index is -1.84. The topological polar surface area (TPSA) is 421 Å². The summed E-state index contributed by atoms with van der Waals surface area (Å²) in [6.07, 6.45) is 0.805. The van der Waals surface area contributed by atoms with Crippen molar-refractivity contribution in [1.82, 2.24) is 47.1 Å². The van der Waals surface area contributed by atoms with Crippen LogP contribution >= 0.6 is 0 Å². The molecule has 2 aliphatic rings. The van der Waals surface area contributed by atoms with Gasteiger partial charge in [-0.25, -0.2) is 0 Å². The summed E-state index contributed by atoms with van der Waals surface area (Å²) in [6.45, 7) is 2.75. The standard InChI is InChI=1S/C57H78N16O10/c1-34(74)67-42(22-13-25-64-55(59)60)49(77)71-46-29-47(75)63-24-12-11-21-41(48(58)76)68-52(80)45(28-37-31-66-40-20-10-9-19-39(37)40)70-50(78)43(23-14-26-65-56(61)62)69-51(79)44(27-35-15-5-3-6-16-35)72-54(82)57(2)30-38(32-73(57)53(46)81)83-33-36-17-7-4-8-18-36/h3-10,15-20,31,38,41-46,66H,11-14,21-30,32-33H2,1-2H3,(H2,58,76)(H,63,75)(H,67,74)(H,68,80)(H,69,79)(H,70,78)(H,71,77)(H,72,82)(H4,59,60,64)(H4,61,62,65). The van der Waals surface area contributed by atoms with Gasteiger partial charge in [-0.1, -0.05) is 78.9 Å². The van der Waals surface area contributed by atoms with Crippen LogP contribution in [0.2, 0.25) is 0 Å². The molecule has 0 spiro atoms. The molecule has 3 heterocycles. The summed E-state index contributed by atoms with van der Waals surface area (Å²) >= 11 is 0. The molecule has 1 aromatic heterocycles. The summed E-state index contributed by atoms with van der Waals surface area (Å²) in [6, 6.07) is 17.0. The number of nitrogens with two attached hydrogens (primary N) is 5. The number of hydrogen-bond acceptors (Lipinski definition) is 12. The Morgan fingerprint density at radius 2 is 1.36 bits per heavy atom. The average Bonchev–Trinajstić information content (AvgIpc) is 4.17. The molecule has 2 aliphatic heterocycles. The molecule has 26 nitrogen and oxygen atoms in total. The van der Waals surface area contributed by atoms with Crippen LogP contribution in [-0.4, -0.2) is 149 Å². The van der Waals surface area contributed by atoms with E-state index in [1.807, 2.05) is 54.6 Å². The SMILES string of the molecule is CC(=O)NC(CCCN=C(N)N)C(=O)NC1CC(=O)NCCCCC(C(N)=O)NC(=O)C(Cc2c[nH]c3ccccc23)NC(=O)C(CCCN=C(N)N)NC(=O)C(Cc2ccccc2)NC(=O)C2(C)CC(OCc3ccccc3)CN2C1=O. The maximum Gasteiger partial charge on any atom is 0.246 e. The van der Waals surface area contributed by atoms with Gasteiger partial charge in [0.2, 0.25) is 53.2 Å². The van der Waals surface area contributed by atoms with E-state index >= 15 is 14.4 Å². The van der Waals surface area contributed by atoms with Crippen LogP contribution in [0.25, 0.3) is 10.9 Å². The summed E-state index contributed by atoms with van der Waals surface area (Å²) in [7, 11) is 0. The monoisotopic (exact) mass is 1150 g/mol. The molecule has 18 N–H and O–H groups in total. The number of carbonyl (C=O) groups is 9. The summed E-state index contributed by atoms with van der Waals surface area (Å²) in [4.78, 5) is 141. The molecular formula is C57H78N16O10. The summed E-state index contributed by atoms with van der Waals surface area (Å²) in [5.74, 6) is -7.37. The lowest BCUT2D eigenvalue weighted by Gasteiger charge is -2.37. The number of primary amides is 1. The second kappa shape index (κ2) is 30.7. The van der Waals surface area contributed by atoms with Gasteiger partial charge in [0, 0.05) is 69.5 Å². The van der Waals surface area contributed by atoms with E-state index in [1.54, 1.807) is 36.5 Å². The molecule has 2 saturated heterocycles. The number of ether oxygens (including phenoxy) is 1. The number of carbonyl (C=O) groups excluding carboxylic acids is 9. The van der Waals surface area contributed by atoms with Crippen molar-refractivity contribution in [1.29, 1.82) is 0 Å². The number of fused-ring (bicyclic) bond motifs is 2. The molecule has 9 amide bonds. The molecule has 0 aliphatic carbocycles. The fourth-order valence-electron chi connectivity index (χ4n) is 10.1. The van der Waals surface area contributed by atoms with E-state index in [9.17, 15) is 28.8 Å². The summed E-state index contributed by atoms with van der Waals surface area (Å²) in [5, 5.41) is 20.0. The molecule has 83 heavy (non-hydrogen) atoms. The Balaban J connectivity index is 1.42. The van der Waals surface area contributed by atoms with Crippen molar-refractivity contribution in [3.8, 4) is 0 Å². The highest BCUT2D eigenvalue weighted by molar-refractivity contribution is 6.00. The van der Waals surface area contributed by atoms with Crippen molar-refractivity contribution in [3.05, 3.63) is 108 Å². The maximum atomic E-state index is 15.4. The Bertz CT molecular complexity index is 2970. The molecule has 2 fully saturated rings. The molecule has 0 radical (unpaired) electrons. The quantitative estimate of drug-likeness (QED) is 0.0296. The highest BCUT2D eigenvalue weighted by Gasteiger charge is 2.53. The number of aromatic nitrogens is 1. The van der Waals surface area contributed by atoms with Gasteiger partial charge in [0.1, 0.15) is 41.8 Å². The van der Waals surface area contributed by atoms with E-state index in [-0.39, 0.29) is 109 Å². The second-order valence-electron chi connectivity index (χ2n) is 21.0. The zero-order valence-corrected chi connectivity index (χ0v) is 46.8. The fraction of sp³-hybridized carbons (Fsp3) is 0.456. The first-order valence-corrected chi connectivity index (χ1v) is 27.7. The van der Waals surface area contributed by atoms with E-state index in [4.69, 9.17) is 33.4 Å². The molecular weight excluding hydrogens is 1070 g/mol. The lowest BCUT2D eigenvalue weighted by Crippen LogP contribution is -2.64. The third-order valence-electron chi connectivity index (χ3n) is 14.5. The Hall–Kier alpha value is -9.07. The van der Waals surface area contributed by atoms with Crippen LogP contribution in [0.3, 0.4) is 0 Å². The first-order chi connectivity index (χ1) is 39.7. The molecule has 4 aromatic rings. The van der Waals surface area contributed by atoms with Crippen molar-refractivity contribution in [2.24, 2.45) is 38.7 Å². The van der Waals surface area contributed by atoms with Gasteiger partial charge < -0.3 is 80.5 Å². The predicted octanol–water partition coefficient (Wildman–Crippen LogP) is -1.26. The van der Waals surface area contributed by atoms with Crippen LogP contribution in [0, 0.1) is 0 Å². The zero-order valence-electron chi connectivity index (χ0n) is 46.8. The highest BCUT2D eigenvalue weighted by Crippen LogP contribution is 2.33. The van der Waals surface area contributed by atoms with Gasteiger partial charge in [-0.2, -0.15) is 0 Å². The van der Waals surface area contributed by atoms with Crippen LogP contribution in [0.4, 0.5) is 0 Å². The molecule has 8 unspecified atom stereocenters. The normalized spacial score (nSPS) is 22.7. The largest absolute Gasteiger partial charge is 0.372 e. The van der Waals surface area contributed by atoms with E-state index in [1.165, 1.54) is 18.7 Å². The van der Waals surface area contributed by atoms with E-state index < -0.39 is 107 Å². The van der Waals surface area contributed by atoms with Crippen LogP contribution in [-0.2, 0) is 67.3 Å². The number of hydrogen-bond donors (Lipinski definition) is 13. The zero-order chi connectivity index (χ0) is 60.1. The predicted molar refractivity (Wildman–Crippen MR) is 310 cm³/mol. The second-order valence-corrected chi connectivity index (χ2v) is 21.0. The third-order valence-corrected chi connectivity index (χ3v) is 14.5. The van der Waals surface area contributed by atoms with E-state index in [0.717, 1.165) is 16.5 Å². The number of amides is 9. The molecule has 0 bridgehead atoms. The number of rotatable bonds is 19. The minimum absolute atomic E-state index is 0.0132. The number of H-pyrrole nitrogens is 1. The number of nitrogens with zero attached hydrogens (tertiary/aromatic N) is 3. The van der Waals surface area contributed by atoms with Gasteiger partial charge in [-0.3, -0.25) is 53.1 Å². The maximum absolute atomic E-state index is 15.4. The van der Waals surface area contributed by atoms with Crippen LogP contribution in [0.15, 0.2) is 101 Å². The third kappa shape index (κ3) is 19.0. The number of aliphatic imine (C=N–C) groups is 2. The molecule has 0 saturated carbocycles. The van der Waals surface area contributed by atoms with Gasteiger partial charge in [-0.15, -0.1) is 0 Å². The molecule has 6 rings (SSSR count). The number of aromatic amines is 1. The number of nitrogens with one attached hydrogen (secondary N) is 8. The summed E-state index contributed by atoms with van der Waals surface area (Å²) in [5.41, 5.74) is 29.1. The van der Waals surface area contributed by atoms with Crippen molar-refractivity contribution < 1.29 is 47.9 Å². The van der Waals surface area contributed by atoms with Crippen LogP contribution in [0.5, 0.6) is 0 Å². The van der Waals surface area contributed by atoms with Crippen molar-refractivity contribution in [2.75, 3.05) is 26.2 Å². The molecule has 8 atom stereocenters. The smallest absolute Gasteiger partial charge is 0.246 e. The molecule has 26 heteroatoms. The van der Waals surface area contributed by atoms with Gasteiger partial charge >= 0.3 is 0 Å². The lowest BCUT2D eigenvalue weighted by atomic mass is 9.94. The van der Waals surface area contributed by atoms with Crippen molar-refractivity contribution >= 4 is 76.0 Å². The van der Waals surface area contributed by atoms with Crippen molar-refractivity contribution in [2.45, 2.75) is 139 Å². The molecule has 446 valence electrons. The highest BCUT2D eigenvalue weighted by atomic mass is 16.5. The van der Waals surface area contributed by atoms with Crippen LogP contribution in [0.1, 0.15) is 88.3 Å². The van der Waals surface area contributed by atoms with E-state index in [0.29, 0.717) is 11.1 Å². The van der Waals surface area contributed by atoms with Gasteiger partial charge in [0.15, 0.2) is 11.9 Å². The Morgan fingerprint density at radius 3 is 2.04 bits per heavy atom. The minimum Gasteiger partial charge on any atom is -0.372 e. The van der Waals surface area contributed by atoms with Gasteiger partial charge in [0.05, 0.1) is 19.1 Å². The van der Waals surface area contributed by atoms with Gasteiger partial charge in [-0.05, 0) is 74.6 Å². The fourth-order valence-corrected chi connectivity index (χ4v) is 10.1. The first kappa shape index (κ1) is 63.1. The Morgan fingerprint density at radius 1 is 0.747 bits per heavy atom. The number of guanidine groups is 2. The molecule has 3 aromatic carbocycles. The Labute approximate surface area is 481 Å². The van der Waals surface area contributed by atoms with Gasteiger partial charge in [0.25, 0.3) is 0 Å². The number of para-hydroxylation sites is 1. The lowest BCUT2D eigenvalue weighted by molar-refractivity contribution is -0.148. The number of benzene rings is 3. The Kier molecular flexibility index (Phi) is 23.3.